The first-order valence-electron chi connectivity index (χ1n) is 10.0. The summed E-state index contributed by atoms with van der Waals surface area (Å²) in [6, 6.07) is 3.55. The molecule has 2 heterocycles. The molecule has 10 heteroatoms. The molecule has 1 fully saturated rings. The lowest BCUT2D eigenvalue weighted by Crippen LogP contribution is -2.49. The second kappa shape index (κ2) is 10.5. The lowest BCUT2D eigenvalue weighted by molar-refractivity contribution is -0.174. The maximum absolute atomic E-state index is 12.7. The van der Waals surface area contributed by atoms with Crippen LogP contribution in [0.5, 0.6) is 11.5 Å². The van der Waals surface area contributed by atoms with Gasteiger partial charge in [-0.05, 0) is 24.1 Å². The van der Waals surface area contributed by atoms with E-state index in [9.17, 15) is 18.0 Å². The summed E-state index contributed by atoms with van der Waals surface area (Å²) in [6.07, 6.45) is -2.76. The Morgan fingerprint density at radius 2 is 1.87 bits per heavy atom. The van der Waals surface area contributed by atoms with Crippen molar-refractivity contribution in [3.05, 3.63) is 22.7 Å². The molecule has 1 aromatic carbocycles. The van der Waals surface area contributed by atoms with Crippen LogP contribution in [0.4, 0.5) is 13.2 Å². The highest BCUT2D eigenvalue weighted by Gasteiger charge is 2.27. The normalized spacial score (nSPS) is 17.7. The Bertz CT molecular complexity index is 725. The van der Waals surface area contributed by atoms with Crippen LogP contribution in [0, 0.1) is 0 Å². The molecule has 3 rings (SSSR count). The van der Waals surface area contributed by atoms with Gasteiger partial charge >= 0.3 is 6.18 Å². The quantitative estimate of drug-likeness (QED) is 0.597. The number of piperazine rings is 1. The second-order valence-corrected chi connectivity index (χ2v) is 7.78. The van der Waals surface area contributed by atoms with E-state index in [-0.39, 0.29) is 18.9 Å². The minimum Gasteiger partial charge on any atom is -0.489 e. The van der Waals surface area contributed by atoms with Crippen molar-refractivity contribution in [3.63, 3.8) is 0 Å². The van der Waals surface area contributed by atoms with Gasteiger partial charge in [-0.3, -0.25) is 9.69 Å². The average Bonchev–Trinajstić information content (AvgIpc) is 2.93. The Balaban J connectivity index is 1.41. The number of rotatable bonds is 7. The van der Waals surface area contributed by atoms with Gasteiger partial charge in [0.15, 0.2) is 11.5 Å². The van der Waals surface area contributed by atoms with Crippen LogP contribution in [0.2, 0.25) is 5.02 Å². The predicted molar refractivity (Wildman–Crippen MR) is 105 cm³/mol. The van der Waals surface area contributed by atoms with Crippen LogP contribution in [-0.2, 0) is 16.0 Å². The first-order chi connectivity index (χ1) is 14.3. The fourth-order valence-corrected chi connectivity index (χ4v) is 3.76. The Kier molecular flexibility index (Phi) is 8.07. The van der Waals surface area contributed by atoms with Crippen molar-refractivity contribution in [1.82, 2.24) is 9.80 Å². The van der Waals surface area contributed by atoms with Gasteiger partial charge in [0.25, 0.3) is 0 Å². The summed E-state index contributed by atoms with van der Waals surface area (Å²) >= 11 is 6.29. The maximum atomic E-state index is 12.7. The van der Waals surface area contributed by atoms with E-state index in [4.69, 9.17) is 21.1 Å². The molecule has 6 nitrogen and oxygen atoms in total. The number of amides is 1. The largest absolute Gasteiger partial charge is 0.489 e. The Labute approximate surface area is 178 Å². The maximum Gasteiger partial charge on any atom is 0.411 e. The minimum atomic E-state index is -4.29. The molecule has 1 saturated heterocycles. The molecule has 2 aliphatic heterocycles. The van der Waals surface area contributed by atoms with Crippen molar-refractivity contribution >= 4 is 17.5 Å². The van der Waals surface area contributed by atoms with Crippen molar-refractivity contribution in [2.45, 2.75) is 25.4 Å². The fourth-order valence-electron chi connectivity index (χ4n) is 3.47. The summed E-state index contributed by atoms with van der Waals surface area (Å²) in [5.41, 5.74) is 0.776. The number of carbonyl (C=O) groups excluding carboxylic acids is 1. The Morgan fingerprint density at radius 3 is 2.60 bits per heavy atom. The molecule has 0 spiro atoms. The van der Waals surface area contributed by atoms with Gasteiger partial charge < -0.3 is 19.1 Å². The van der Waals surface area contributed by atoms with E-state index in [1.807, 2.05) is 6.07 Å². The topological polar surface area (TPSA) is 51.2 Å². The summed E-state index contributed by atoms with van der Waals surface area (Å²) in [6.45, 7) is 3.15. The molecule has 1 amide bonds. The zero-order valence-corrected chi connectivity index (χ0v) is 17.4. The van der Waals surface area contributed by atoms with Gasteiger partial charge in [-0.1, -0.05) is 11.6 Å². The highest BCUT2D eigenvalue weighted by Crippen LogP contribution is 2.38. The first-order valence-corrected chi connectivity index (χ1v) is 10.4. The van der Waals surface area contributed by atoms with Crippen LogP contribution in [0.1, 0.15) is 18.4 Å². The number of alkyl halides is 3. The molecule has 0 aromatic heterocycles. The molecular formula is C20H26ClF3N2O4. The molecule has 0 saturated carbocycles. The van der Waals surface area contributed by atoms with Crippen LogP contribution in [0.3, 0.4) is 0 Å². The summed E-state index contributed by atoms with van der Waals surface area (Å²) < 4.78 is 52.0. The highest BCUT2D eigenvalue weighted by molar-refractivity contribution is 6.32. The number of nitrogens with zero attached hydrogens (tertiary/aromatic N) is 2. The van der Waals surface area contributed by atoms with Crippen LogP contribution in [0.25, 0.3) is 0 Å². The van der Waals surface area contributed by atoms with Gasteiger partial charge in [0.2, 0.25) is 5.91 Å². The van der Waals surface area contributed by atoms with E-state index >= 15 is 0 Å². The van der Waals surface area contributed by atoms with Crippen molar-refractivity contribution < 1.29 is 32.2 Å². The van der Waals surface area contributed by atoms with Gasteiger partial charge in [-0.2, -0.15) is 13.2 Å². The number of carbonyl (C=O) groups is 1. The molecule has 2 aliphatic rings. The van der Waals surface area contributed by atoms with Crippen LogP contribution >= 0.6 is 11.6 Å². The number of halogens is 4. The summed E-state index contributed by atoms with van der Waals surface area (Å²) in [5.74, 6) is 1.10. The number of hydrogen-bond acceptors (Lipinski definition) is 5. The first kappa shape index (κ1) is 23.0. The van der Waals surface area contributed by atoms with Gasteiger partial charge in [0.1, 0.15) is 6.61 Å². The number of ether oxygens (including phenoxy) is 3. The molecule has 0 aliphatic carbocycles. The van der Waals surface area contributed by atoms with Crippen molar-refractivity contribution in [2.24, 2.45) is 0 Å². The van der Waals surface area contributed by atoms with Crippen LogP contribution < -0.4 is 9.47 Å². The van der Waals surface area contributed by atoms with Gasteiger partial charge in [0, 0.05) is 45.8 Å². The summed E-state index contributed by atoms with van der Waals surface area (Å²) in [7, 11) is 0. The zero-order valence-electron chi connectivity index (χ0n) is 16.7. The van der Waals surface area contributed by atoms with Crippen molar-refractivity contribution in [1.29, 1.82) is 0 Å². The fraction of sp³-hybridized carbons (Fsp3) is 0.650. The number of hydrogen-bond donors (Lipinski definition) is 0. The van der Waals surface area contributed by atoms with Crippen molar-refractivity contribution in [3.8, 4) is 11.5 Å². The van der Waals surface area contributed by atoms with E-state index in [1.54, 1.807) is 11.0 Å². The molecule has 0 atom stereocenters. The minimum absolute atomic E-state index is 0.00807. The summed E-state index contributed by atoms with van der Waals surface area (Å²) in [4.78, 5) is 16.6. The molecule has 0 radical (unpaired) electrons. The second-order valence-electron chi connectivity index (χ2n) is 7.38. The van der Waals surface area contributed by atoms with E-state index in [2.05, 4.69) is 9.64 Å². The smallest absolute Gasteiger partial charge is 0.411 e. The van der Waals surface area contributed by atoms with E-state index in [0.717, 1.165) is 12.0 Å². The van der Waals surface area contributed by atoms with E-state index in [1.165, 1.54) is 0 Å². The molecule has 0 bridgehead atoms. The monoisotopic (exact) mass is 450 g/mol. The molecule has 1 aromatic rings. The molecule has 0 unspecified atom stereocenters. The Morgan fingerprint density at radius 1 is 1.13 bits per heavy atom. The molecule has 0 N–H and O–H groups in total. The SMILES string of the molecule is O=C(Cc1cc(Cl)c2c(c1)OCCCO2)N1CCN(CCCOCC(F)(F)F)CC1. The summed E-state index contributed by atoms with van der Waals surface area (Å²) in [5, 5.41) is 0.440. The third kappa shape index (κ3) is 6.92. The van der Waals surface area contributed by atoms with Gasteiger partial charge in [0.05, 0.1) is 24.7 Å². The molecular weight excluding hydrogens is 425 g/mol. The van der Waals surface area contributed by atoms with Crippen LogP contribution in [0.15, 0.2) is 12.1 Å². The Hall–Kier alpha value is -1.71. The average molecular weight is 451 g/mol. The van der Waals surface area contributed by atoms with Gasteiger partial charge in [-0.15, -0.1) is 0 Å². The number of benzene rings is 1. The lowest BCUT2D eigenvalue weighted by Gasteiger charge is -2.34. The van der Waals surface area contributed by atoms with E-state index < -0.39 is 12.8 Å². The van der Waals surface area contributed by atoms with Crippen LogP contribution in [-0.4, -0.2) is 81.0 Å². The van der Waals surface area contributed by atoms with Crippen molar-refractivity contribution in [2.75, 3.05) is 59.2 Å². The standard InChI is InChI=1S/C20H26ClF3N2O4/c21-16-11-15(12-17-19(16)30-10-2-9-29-17)13-18(27)26-6-4-25(5-7-26)3-1-8-28-14-20(22,23)24/h11-12H,1-10,13-14H2. The highest BCUT2D eigenvalue weighted by atomic mass is 35.5. The number of fused-ring (bicyclic) bond motifs is 1. The third-order valence-electron chi connectivity index (χ3n) is 4.97. The molecule has 168 valence electrons. The lowest BCUT2D eigenvalue weighted by atomic mass is 10.1. The van der Waals surface area contributed by atoms with E-state index in [0.29, 0.717) is 68.9 Å². The third-order valence-corrected chi connectivity index (χ3v) is 5.25. The molecule has 30 heavy (non-hydrogen) atoms. The zero-order chi connectivity index (χ0) is 21.6. The van der Waals surface area contributed by atoms with Gasteiger partial charge in [-0.25, -0.2) is 0 Å². The predicted octanol–water partition coefficient (Wildman–Crippen LogP) is 3.16.